The number of nitro groups is 2. The van der Waals surface area contributed by atoms with Crippen LogP contribution in [0.3, 0.4) is 0 Å². The SMILES string of the molecule is COC1=CC[C@]2([N+](=O)[O-])C[C@@]1([N+](=O)[O-])C[N+](C)(C)C2. The Labute approximate surface area is 110 Å². The Morgan fingerprint density at radius 1 is 1.26 bits per heavy atom. The van der Waals surface area contributed by atoms with Crippen LogP contribution >= 0.6 is 0 Å². The lowest BCUT2D eigenvalue weighted by molar-refractivity contribution is -0.934. The Bertz CT molecular complexity index is 475. The Morgan fingerprint density at radius 2 is 1.89 bits per heavy atom. The molecule has 0 amide bonds. The number of ether oxygens (including phenoxy) is 1. The van der Waals surface area contributed by atoms with Crippen LogP contribution in [0.1, 0.15) is 12.8 Å². The fourth-order valence-corrected chi connectivity index (χ4v) is 3.67. The Balaban J connectivity index is 2.60. The standard InChI is InChI=1S/C11H18N3O5/c1-14(2)7-10(12(15)16)5-4-9(19-3)11(6-10,8-14)13(17)18/h4H,5-8H2,1-3H3/q+1/t10-,11+/m0/s1. The largest absolute Gasteiger partial charge is 0.494 e. The van der Waals surface area contributed by atoms with Gasteiger partial charge in [0, 0.05) is 16.3 Å². The van der Waals surface area contributed by atoms with Gasteiger partial charge in [-0.25, -0.2) is 0 Å². The molecule has 1 fully saturated rings. The van der Waals surface area contributed by atoms with E-state index in [1.54, 1.807) is 14.1 Å². The molecular weight excluding hydrogens is 254 g/mol. The molecule has 8 heteroatoms. The van der Waals surface area contributed by atoms with E-state index < -0.39 is 16.0 Å². The average Bonchev–Trinajstić information content (AvgIpc) is 2.26. The van der Waals surface area contributed by atoms with Gasteiger partial charge in [-0.2, -0.15) is 0 Å². The number of methoxy groups -OCH3 is 1. The lowest BCUT2D eigenvalue weighted by Gasteiger charge is -2.47. The van der Waals surface area contributed by atoms with Crippen molar-refractivity contribution in [2.24, 2.45) is 0 Å². The summed E-state index contributed by atoms with van der Waals surface area (Å²) >= 11 is 0. The molecule has 106 valence electrons. The van der Waals surface area contributed by atoms with E-state index in [9.17, 15) is 20.2 Å². The summed E-state index contributed by atoms with van der Waals surface area (Å²) in [5, 5.41) is 23.0. The van der Waals surface area contributed by atoms with Gasteiger partial charge in [-0.15, -0.1) is 0 Å². The van der Waals surface area contributed by atoms with Gasteiger partial charge in [0.15, 0.2) is 18.8 Å². The van der Waals surface area contributed by atoms with Crippen LogP contribution in [-0.4, -0.2) is 59.7 Å². The quantitative estimate of drug-likeness (QED) is 0.422. The first-order valence-electron chi connectivity index (χ1n) is 6.03. The fourth-order valence-electron chi connectivity index (χ4n) is 3.67. The summed E-state index contributed by atoms with van der Waals surface area (Å²) in [6.07, 6.45) is 1.61. The summed E-state index contributed by atoms with van der Waals surface area (Å²) in [4.78, 5) is 22.2. The van der Waals surface area contributed by atoms with Gasteiger partial charge in [0.2, 0.25) is 0 Å². The third kappa shape index (κ3) is 1.86. The summed E-state index contributed by atoms with van der Waals surface area (Å²) in [7, 11) is 4.95. The van der Waals surface area contributed by atoms with Crippen LogP contribution in [-0.2, 0) is 4.74 Å². The maximum Gasteiger partial charge on any atom is 0.331 e. The first kappa shape index (κ1) is 13.7. The first-order chi connectivity index (χ1) is 8.67. The van der Waals surface area contributed by atoms with E-state index in [0.717, 1.165) is 0 Å². The third-order valence-corrected chi connectivity index (χ3v) is 4.12. The molecule has 0 radical (unpaired) electrons. The zero-order valence-corrected chi connectivity index (χ0v) is 11.3. The maximum absolute atomic E-state index is 11.6. The number of rotatable bonds is 3. The zero-order chi connectivity index (χ0) is 14.5. The molecule has 1 heterocycles. The van der Waals surface area contributed by atoms with Crippen molar-refractivity contribution in [1.82, 2.24) is 0 Å². The van der Waals surface area contributed by atoms with Crippen LogP contribution in [0.15, 0.2) is 11.8 Å². The van der Waals surface area contributed by atoms with Crippen molar-refractivity contribution < 1.29 is 19.1 Å². The van der Waals surface area contributed by atoms with Crippen molar-refractivity contribution >= 4 is 0 Å². The van der Waals surface area contributed by atoms with Crippen LogP contribution in [0, 0.1) is 20.2 Å². The monoisotopic (exact) mass is 272 g/mol. The number of likely N-dealkylation sites (tertiary alicyclic amines) is 1. The lowest BCUT2D eigenvalue weighted by atomic mass is 9.70. The molecule has 1 aliphatic heterocycles. The summed E-state index contributed by atoms with van der Waals surface area (Å²) in [6.45, 7) is 0.498. The van der Waals surface area contributed by atoms with Crippen LogP contribution in [0.2, 0.25) is 0 Å². The van der Waals surface area contributed by atoms with Crippen LogP contribution in [0.25, 0.3) is 0 Å². The van der Waals surface area contributed by atoms with Gasteiger partial charge >= 0.3 is 5.54 Å². The lowest BCUT2D eigenvalue weighted by Crippen LogP contribution is -2.72. The second-order valence-corrected chi connectivity index (χ2v) is 6.18. The third-order valence-electron chi connectivity index (χ3n) is 4.12. The minimum absolute atomic E-state index is 0.0959. The van der Waals surface area contributed by atoms with Crippen molar-refractivity contribution in [3.63, 3.8) is 0 Å². The van der Waals surface area contributed by atoms with Gasteiger partial charge in [0.05, 0.1) is 21.2 Å². The Kier molecular flexibility index (Phi) is 2.81. The minimum Gasteiger partial charge on any atom is -0.494 e. The molecule has 1 saturated heterocycles. The molecule has 19 heavy (non-hydrogen) atoms. The first-order valence-corrected chi connectivity index (χ1v) is 6.03. The second kappa shape index (κ2) is 3.89. The average molecular weight is 272 g/mol. The highest BCUT2D eigenvalue weighted by Crippen LogP contribution is 2.45. The summed E-state index contributed by atoms with van der Waals surface area (Å²) in [6, 6.07) is 0. The minimum atomic E-state index is -1.48. The number of fused-ring (bicyclic) bond motifs is 2. The molecule has 2 rings (SSSR count). The topological polar surface area (TPSA) is 95.5 Å². The van der Waals surface area contributed by atoms with Gasteiger partial charge in [-0.1, -0.05) is 0 Å². The molecule has 0 spiro atoms. The Hall–Kier alpha value is -1.70. The van der Waals surface area contributed by atoms with Crippen LogP contribution < -0.4 is 0 Å². The van der Waals surface area contributed by atoms with Crippen LogP contribution in [0.4, 0.5) is 0 Å². The van der Waals surface area contributed by atoms with E-state index in [2.05, 4.69) is 0 Å². The second-order valence-electron chi connectivity index (χ2n) is 6.18. The van der Waals surface area contributed by atoms with Gasteiger partial charge in [0.25, 0.3) is 5.54 Å². The number of quaternary nitrogens is 1. The molecule has 1 aliphatic carbocycles. The molecule has 0 aromatic carbocycles. The van der Waals surface area contributed by atoms with E-state index in [0.29, 0.717) is 6.54 Å². The highest BCUT2D eigenvalue weighted by molar-refractivity contribution is 5.21. The molecule has 0 aromatic rings. The number of hydrogen-bond donors (Lipinski definition) is 0. The molecule has 2 atom stereocenters. The number of likely N-dealkylation sites (N-methyl/N-ethyl adjacent to an activating group) is 1. The molecule has 2 aliphatic rings. The van der Waals surface area contributed by atoms with Crippen molar-refractivity contribution in [3.05, 3.63) is 32.1 Å². The van der Waals surface area contributed by atoms with Crippen molar-refractivity contribution in [1.29, 1.82) is 0 Å². The molecule has 0 N–H and O–H groups in total. The predicted molar refractivity (Wildman–Crippen MR) is 65.6 cm³/mol. The molecule has 0 aromatic heterocycles. The molecule has 2 bridgehead atoms. The summed E-state index contributed by atoms with van der Waals surface area (Å²) < 4.78 is 5.39. The van der Waals surface area contributed by atoms with E-state index in [4.69, 9.17) is 4.74 Å². The number of hydrogen-bond acceptors (Lipinski definition) is 5. The Morgan fingerprint density at radius 3 is 2.37 bits per heavy atom. The molecule has 8 nitrogen and oxygen atoms in total. The maximum atomic E-state index is 11.6. The number of nitrogens with zero attached hydrogens (tertiary/aromatic N) is 3. The zero-order valence-electron chi connectivity index (χ0n) is 11.3. The van der Waals surface area contributed by atoms with E-state index in [1.807, 2.05) is 0 Å². The van der Waals surface area contributed by atoms with E-state index in [1.165, 1.54) is 13.2 Å². The fraction of sp³-hybridized carbons (Fsp3) is 0.818. The smallest absolute Gasteiger partial charge is 0.331 e. The van der Waals surface area contributed by atoms with Crippen LogP contribution in [0.5, 0.6) is 0 Å². The van der Waals surface area contributed by atoms with Crippen molar-refractivity contribution in [3.8, 4) is 0 Å². The molecule has 0 unspecified atom stereocenters. The van der Waals surface area contributed by atoms with Crippen molar-refractivity contribution in [2.45, 2.75) is 23.9 Å². The van der Waals surface area contributed by atoms with Gasteiger partial charge in [-0.05, 0) is 6.08 Å². The van der Waals surface area contributed by atoms with Gasteiger partial charge < -0.3 is 9.22 Å². The molecule has 0 saturated carbocycles. The molecular formula is C11H18N3O5+. The van der Waals surface area contributed by atoms with Crippen molar-refractivity contribution in [2.75, 3.05) is 34.3 Å². The highest BCUT2D eigenvalue weighted by Gasteiger charge is 2.70. The van der Waals surface area contributed by atoms with E-state index >= 15 is 0 Å². The van der Waals surface area contributed by atoms with Gasteiger partial charge in [0.1, 0.15) is 6.42 Å². The van der Waals surface area contributed by atoms with E-state index in [-0.39, 0.29) is 34.6 Å². The summed E-state index contributed by atoms with van der Waals surface area (Å²) in [5.41, 5.74) is -2.75. The highest BCUT2D eigenvalue weighted by atomic mass is 16.6. The predicted octanol–water partition coefficient (Wildman–Crippen LogP) is 0.431. The normalized spacial score (nSPS) is 36.3. The van der Waals surface area contributed by atoms with Gasteiger partial charge in [-0.3, -0.25) is 20.2 Å². The summed E-state index contributed by atoms with van der Waals surface area (Å²) in [5.74, 6) is 0.251. The number of piperidine rings is 1.